The average molecular weight is 452 g/mol. The topological polar surface area (TPSA) is 38.8 Å². The molecule has 0 spiro atoms. The van der Waals surface area contributed by atoms with Gasteiger partial charge in [-0.3, -0.25) is 4.79 Å². The number of benzene rings is 3. The third kappa shape index (κ3) is 6.51. The molecule has 3 rings (SSSR count). The molecular formula is C27H30ClNO3. The number of hydrogen-bond donors (Lipinski definition) is 0. The summed E-state index contributed by atoms with van der Waals surface area (Å²) in [6, 6.07) is 25.2. The second kappa shape index (κ2) is 11.6. The Balaban J connectivity index is 1.74. The van der Waals surface area contributed by atoms with Crippen molar-refractivity contribution >= 4 is 17.5 Å². The van der Waals surface area contributed by atoms with Crippen molar-refractivity contribution in [1.82, 2.24) is 4.90 Å². The summed E-state index contributed by atoms with van der Waals surface area (Å²) in [6.07, 6.45) is 0. The number of halogens is 1. The van der Waals surface area contributed by atoms with Crippen LogP contribution in [0.4, 0.5) is 0 Å². The van der Waals surface area contributed by atoms with Gasteiger partial charge >= 0.3 is 0 Å². The lowest BCUT2D eigenvalue weighted by molar-refractivity contribution is -0.132. The maximum absolute atomic E-state index is 13.2. The van der Waals surface area contributed by atoms with Crippen LogP contribution in [0.25, 0.3) is 0 Å². The van der Waals surface area contributed by atoms with Crippen LogP contribution in [0.5, 0.6) is 11.5 Å². The normalized spacial score (nSPS) is 11.8. The summed E-state index contributed by atoms with van der Waals surface area (Å²) in [5, 5.41) is -0.717. The van der Waals surface area contributed by atoms with Crippen LogP contribution in [0.15, 0.2) is 78.9 Å². The molecule has 0 aliphatic carbocycles. The van der Waals surface area contributed by atoms with E-state index < -0.39 is 5.38 Å². The monoisotopic (exact) mass is 451 g/mol. The predicted octanol–water partition coefficient (Wildman–Crippen LogP) is 6.24. The first-order valence-corrected chi connectivity index (χ1v) is 11.2. The van der Waals surface area contributed by atoms with Crippen LogP contribution in [0, 0.1) is 5.92 Å². The van der Waals surface area contributed by atoms with Gasteiger partial charge in [0.2, 0.25) is 5.91 Å². The molecule has 0 heterocycles. The molecule has 0 aliphatic heterocycles. The van der Waals surface area contributed by atoms with E-state index in [1.165, 1.54) is 0 Å². The largest absolute Gasteiger partial charge is 0.493 e. The molecule has 0 bridgehead atoms. The fourth-order valence-corrected chi connectivity index (χ4v) is 3.77. The zero-order chi connectivity index (χ0) is 22.9. The van der Waals surface area contributed by atoms with E-state index >= 15 is 0 Å². The van der Waals surface area contributed by atoms with E-state index in [-0.39, 0.29) is 5.91 Å². The molecule has 32 heavy (non-hydrogen) atoms. The van der Waals surface area contributed by atoms with Gasteiger partial charge in [-0.2, -0.15) is 0 Å². The molecule has 0 aromatic heterocycles. The third-order valence-corrected chi connectivity index (χ3v) is 5.48. The number of hydrogen-bond acceptors (Lipinski definition) is 3. The number of alkyl halides is 1. The Morgan fingerprint density at radius 1 is 0.906 bits per heavy atom. The lowest BCUT2D eigenvalue weighted by atomic mass is 10.1. The second-order valence-electron chi connectivity index (χ2n) is 8.15. The number of nitrogens with zero attached hydrogens (tertiary/aromatic N) is 1. The predicted molar refractivity (Wildman–Crippen MR) is 129 cm³/mol. The minimum atomic E-state index is -0.717. The Labute approximate surface area is 195 Å². The van der Waals surface area contributed by atoms with Crippen LogP contribution in [-0.4, -0.2) is 24.5 Å². The van der Waals surface area contributed by atoms with Gasteiger partial charge in [0.1, 0.15) is 12.0 Å². The van der Waals surface area contributed by atoms with Gasteiger partial charge in [0.25, 0.3) is 0 Å². The lowest BCUT2D eigenvalue weighted by Crippen LogP contribution is -2.36. The van der Waals surface area contributed by atoms with Crippen LogP contribution in [-0.2, 0) is 17.9 Å². The van der Waals surface area contributed by atoms with Crippen LogP contribution < -0.4 is 9.47 Å². The number of amides is 1. The number of carbonyl (C=O) groups excluding carboxylic acids is 1. The van der Waals surface area contributed by atoms with Gasteiger partial charge in [-0.25, -0.2) is 0 Å². The molecule has 1 amide bonds. The van der Waals surface area contributed by atoms with Gasteiger partial charge in [-0.05, 0) is 34.7 Å². The Morgan fingerprint density at radius 2 is 1.56 bits per heavy atom. The summed E-state index contributed by atoms with van der Waals surface area (Å²) >= 11 is 6.55. The molecule has 4 nitrogen and oxygen atoms in total. The van der Waals surface area contributed by atoms with E-state index in [0.717, 1.165) is 16.7 Å². The zero-order valence-electron chi connectivity index (χ0n) is 18.8. The highest BCUT2D eigenvalue weighted by atomic mass is 35.5. The molecule has 5 heteroatoms. The van der Waals surface area contributed by atoms with Crippen molar-refractivity contribution in [3.8, 4) is 11.5 Å². The van der Waals surface area contributed by atoms with E-state index in [4.69, 9.17) is 21.1 Å². The third-order valence-electron chi connectivity index (χ3n) is 5.04. The molecule has 0 aliphatic rings. The summed E-state index contributed by atoms with van der Waals surface area (Å²) < 4.78 is 11.5. The van der Waals surface area contributed by atoms with Gasteiger partial charge in [-0.1, -0.05) is 80.6 Å². The zero-order valence-corrected chi connectivity index (χ0v) is 19.6. The van der Waals surface area contributed by atoms with Gasteiger partial charge in [0.05, 0.1) is 7.11 Å². The SMILES string of the molecule is COc1cc(CN(CC(C)C)C(=O)C(Cl)c2ccccc2)ccc1OCc1ccccc1. The van der Waals surface area contributed by atoms with Crippen molar-refractivity contribution in [3.63, 3.8) is 0 Å². The molecule has 3 aromatic carbocycles. The van der Waals surface area contributed by atoms with E-state index in [1.54, 1.807) is 7.11 Å². The van der Waals surface area contributed by atoms with Crippen molar-refractivity contribution < 1.29 is 14.3 Å². The molecule has 1 atom stereocenters. The highest BCUT2D eigenvalue weighted by Crippen LogP contribution is 2.30. The fourth-order valence-electron chi connectivity index (χ4n) is 3.48. The number of rotatable bonds is 10. The molecule has 0 saturated carbocycles. The Morgan fingerprint density at radius 3 is 2.19 bits per heavy atom. The van der Waals surface area contributed by atoms with Crippen molar-refractivity contribution in [3.05, 3.63) is 95.6 Å². The number of ether oxygens (including phenoxy) is 2. The van der Waals surface area contributed by atoms with E-state index in [9.17, 15) is 4.79 Å². The maximum atomic E-state index is 13.2. The smallest absolute Gasteiger partial charge is 0.245 e. The molecular weight excluding hydrogens is 422 g/mol. The lowest BCUT2D eigenvalue weighted by Gasteiger charge is -2.27. The van der Waals surface area contributed by atoms with Crippen LogP contribution >= 0.6 is 11.6 Å². The summed E-state index contributed by atoms with van der Waals surface area (Å²) in [6.45, 7) is 5.70. The van der Waals surface area contributed by atoms with Gasteiger partial charge in [-0.15, -0.1) is 11.6 Å². The Bertz CT molecular complexity index is 992. The molecule has 3 aromatic rings. The summed E-state index contributed by atoms with van der Waals surface area (Å²) in [5.74, 6) is 1.52. The van der Waals surface area contributed by atoms with E-state index in [1.807, 2.05) is 83.8 Å². The summed E-state index contributed by atoms with van der Waals surface area (Å²) in [5.41, 5.74) is 2.84. The van der Waals surface area contributed by atoms with Gasteiger partial charge in [0.15, 0.2) is 11.5 Å². The van der Waals surface area contributed by atoms with Crippen molar-refractivity contribution in [1.29, 1.82) is 0 Å². The maximum Gasteiger partial charge on any atom is 0.245 e. The van der Waals surface area contributed by atoms with Crippen LogP contribution in [0.3, 0.4) is 0 Å². The first-order valence-electron chi connectivity index (χ1n) is 10.8. The Hall–Kier alpha value is -2.98. The summed E-state index contributed by atoms with van der Waals surface area (Å²) in [7, 11) is 1.62. The molecule has 168 valence electrons. The van der Waals surface area contributed by atoms with Crippen LogP contribution in [0.1, 0.15) is 35.9 Å². The van der Waals surface area contributed by atoms with Gasteiger partial charge < -0.3 is 14.4 Å². The molecule has 0 fully saturated rings. The molecule has 0 radical (unpaired) electrons. The van der Waals surface area contributed by atoms with Crippen LogP contribution in [0.2, 0.25) is 0 Å². The highest BCUT2D eigenvalue weighted by molar-refractivity contribution is 6.30. The minimum absolute atomic E-state index is 0.102. The first-order chi connectivity index (χ1) is 15.5. The number of carbonyl (C=O) groups is 1. The molecule has 0 saturated heterocycles. The molecule has 0 N–H and O–H groups in total. The van der Waals surface area contributed by atoms with Gasteiger partial charge in [0, 0.05) is 13.1 Å². The number of methoxy groups -OCH3 is 1. The minimum Gasteiger partial charge on any atom is -0.493 e. The average Bonchev–Trinajstić information content (AvgIpc) is 2.82. The summed E-state index contributed by atoms with van der Waals surface area (Å²) in [4.78, 5) is 15.0. The first kappa shape index (κ1) is 23.7. The fraction of sp³-hybridized carbons (Fsp3) is 0.296. The quantitative estimate of drug-likeness (QED) is 0.342. The van der Waals surface area contributed by atoms with E-state index in [0.29, 0.717) is 37.1 Å². The van der Waals surface area contributed by atoms with E-state index in [2.05, 4.69) is 13.8 Å². The Kier molecular flexibility index (Phi) is 8.57. The highest BCUT2D eigenvalue weighted by Gasteiger charge is 2.25. The second-order valence-corrected chi connectivity index (χ2v) is 8.58. The molecule has 1 unspecified atom stereocenters. The van der Waals surface area contributed by atoms with Crippen molar-refractivity contribution in [2.24, 2.45) is 5.92 Å². The van der Waals surface area contributed by atoms with Crippen molar-refractivity contribution in [2.75, 3.05) is 13.7 Å². The van der Waals surface area contributed by atoms with Crippen molar-refractivity contribution in [2.45, 2.75) is 32.4 Å². The standard InChI is InChI=1S/C27H30ClNO3/c1-20(2)17-29(27(30)26(28)23-12-8-5-9-13-23)18-22-14-15-24(25(16-22)31-3)32-19-21-10-6-4-7-11-21/h4-16,20,26H,17-19H2,1-3H3.